The van der Waals surface area contributed by atoms with Crippen molar-refractivity contribution in [2.24, 2.45) is 0 Å². The van der Waals surface area contributed by atoms with E-state index in [0.717, 1.165) is 43.9 Å². The molecule has 0 saturated carbocycles. The number of carbonyl (C=O) groups excluding carboxylic acids is 1. The van der Waals surface area contributed by atoms with Crippen LogP contribution in [0.15, 0.2) is 48.5 Å². The first-order valence-electron chi connectivity index (χ1n) is 9.23. The van der Waals surface area contributed by atoms with Crippen molar-refractivity contribution in [3.05, 3.63) is 70.5 Å². The van der Waals surface area contributed by atoms with Crippen molar-refractivity contribution in [2.45, 2.75) is 38.0 Å². The molecule has 0 radical (unpaired) electrons. The topological polar surface area (TPSA) is 20.3 Å². The lowest BCUT2D eigenvalue weighted by molar-refractivity contribution is 0.0968. The van der Waals surface area contributed by atoms with Crippen LogP contribution < -0.4 is 0 Å². The number of ketones is 1. The second-order valence-corrected chi connectivity index (χ2v) is 7.88. The third-order valence-electron chi connectivity index (χ3n) is 5.55. The SMILES string of the molecule is CC1(c2ccc(Cl)cc2)CCN(CCCC(=O)c2ccc(F)cc2)CC1. The molecule has 0 aromatic heterocycles. The van der Waals surface area contributed by atoms with E-state index in [-0.39, 0.29) is 17.0 Å². The van der Waals surface area contributed by atoms with Crippen molar-refractivity contribution in [1.29, 1.82) is 0 Å². The van der Waals surface area contributed by atoms with Gasteiger partial charge in [-0.3, -0.25) is 4.79 Å². The highest BCUT2D eigenvalue weighted by Crippen LogP contribution is 2.35. The Kier molecular flexibility index (Phi) is 6.10. The Hall–Kier alpha value is -1.71. The van der Waals surface area contributed by atoms with E-state index in [2.05, 4.69) is 24.0 Å². The fraction of sp³-hybridized carbons (Fsp3) is 0.409. The summed E-state index contributed by atoms with van der Waals surface area (Å²) in [7, 11) is 0. The zero-order chi connectivity index (χ0) is 18.6. The van der Waals surface area contributed by atoms with Gasteiger partial charge in [0.05, 0.1) is 0 Å². The van der Waals surface area contributed by atoms with Crippen LogP contribution in [0.25, 0.3) is 0 Å². The molecular formula is C22H25ClFNO. The molecule has 1 heterocycles. The summed E-state index contributed by atoms with van der Waals surface area (Å²) in [5, 5.41) is 0.778. The normalized spacial score (nSPS) is 17.2. The second kappa shape index (κ2) is 8.32. The molecule has 1 saturated heterocycles. The average Bonchev–Trinajstić information content (AvgIpc) is 2.64. The minimum Gasteiger partial charge on any atom is -0.303 e. The summed E-state index contributed by atoms with van der Waals surface area (Å²) in [4.78, 5) is 14.6. The molecule has 0 amide bonds. The third-order valence-corrected chi connectivity index (χ3v) is 5.80. The first-order chi connectivity index (χ1) is 12.5. The smallest absolute Gasteiger partial charge is 0.162 e. The molecule has 26 heavy (non-hydrogen) atoms. The molecule has 2 aromatic rings. The lowest BCUT2D eigenvalue weighted by Gasteiger charge is -2.40. The zero-order valence-electron chi connectivity index (χ0n) is 15.2. The van der Waals surface area contributed by atoms with E-state index >= 15 is 0 Å². The summed E-state index contributed by atoms with van der Waals surface area (Å²) in [5.41, 5.74) is 2.15. The lowest BCUT2D eigenvalue weighted by Crippen LogP contribution is -2.41. The van der Waals surface area contributed by atoms with E-state index in [1.807, 2.05) is 12.1 Å². The van der Waals surface area contributed by atoms with E-state index in [1.165, 1.54) is 17.7 Å². The number of rotatable bonds is 6. The highest BCUT2D eigenvalue weighted by molar-refractivity contribution is 6.30. The van der Waals surface area contributed by atoms with Gasteiger partial charge in [0.25, 0.3) is 0 Å². The van der Waals surface area contributed by atoms with E-state index in [9.17, 15) is 9.18 Å². The molecule has 2 nitrogen and oxygen atoms in total. The minimum atomic E-state index is -0.307. The number of hydrogen-bond acceptors (Lipinski definition) is 2. The molecule has 0 spiro atoms. The maximum atomic E-state index is 12.9. The van der Waals surface area contributed by atoms with Crippen LogP contribution in [0.2, 0.25) is 5.02 Å². The van der Waals surface area contributed by atoms with Crippen molar-refractivity contribution in [1.82, 2.24) is 4.90 Å². The Morgan fingerprint density at radius 3 is 2.31 bits per heavy atom. The van der Waals surface area contributed by atoms with Gasteiger partial charge in [0.15, 0.2) is 5.78 Å². The highest BCUT2D eigenvalue weighted by atomic mass is 35.5. The Morgan fingerprint density at radius 1 is 1.08 bits per heavy atom. The highest BCUT2D eigenvalue weighted by Gasteiger charge is 2.31. The van der Waals surface area contributed by atoms with E-state index < -0.39 is 0 Å². The van der Waals surface area contributed by atoms with Gasteiger partial charge in [-0.2, -0.15) is 0 Å². The number of carbonyl (C=O) groups is 1. The number of piperidine rings is 1. The number of hydrogen-bond donors (Lipinski definition) is 0. The number of Topliss-reactive ketones (excluding diaryl/α,β-unsaturated/α-hetero) is 1. The Bertz CT molecular complexity index is 734. The lowest BCUT2D eigenvalue weighted by atomic mass is 9.74. The van der Waals surface area contributed by atoms with Crippen molar-refractivity contribution in [3.63, 3.8) is 0 Å². The van der Waals surface area contributed by atoms with Crippen molar-refractivity contribution < 1.29 is 9.18 Å². The second-order valence-electron chi connectivity index (χ2n) is 7.44. The summed E-state index contributed by atoms with van der Waals surface area (Å²) >= 11 is 6.00. The summed E-state index contributed by atoms with van der Waals surface area (Å²) in [5.74, 6) is -0.216. The predicted molar refractivity (Wildman–Crippen MR) is 104 cm³/mol. The zero-order valence-corrected chi connectivity index (χ0v) is 15.9. The van der Waals surface area contributed by atoms with Gasteiger partial charge in [0, 0.05) is 17.0 Å². The summed E-state index contributed by atoms with van der Waals surface area (Å²) in [6.07, 6.45) is 3.57. The number of benzene rings is 2. The van der Waals surface area contributed by atoms with Crippen LogP contribution in [-0.2, 0) is 5.41 Å². The van der Waals surface area contributed by atoms with Crippen LogP contribution in [0.3, 0.4) is 0 Å². The van der Waals surface area contributed by atoms with Crippen LogP contribution in [0, 0.1) is 5.82 Å². The van der Waals surface area contributed by atoms with Gasteiger partial charge in [0.1, 0.15) is 5.82 Å². The molecule has 0 aliphatic carbocycles. The van der Waals surface area contributed by atoms with Gasteiger partial charge in [-0.15, -0.1) is 0 Å². The van der Waals surface area contributed by atoms with Crippen LogP contribution in [0.5, 0.6) is 0 Å². The average molecular weight is 374 g/mol. The van der Waals surface area contributed by atoms with E-state index in [0.29, 0.717) is 12.0 Å². The molecule has 0 bridgehead atoms. The first-order valence-corrected chi connectivity index (χ1v) is 9.61. The molecule has 2 aromatic carbocycles. The first kappa shape index (κ1) is 19.1. The fourth-order valence-electron chi connectivity index (χ4n) is 3.65. The van der Waals surface area contributed by atoms with Crippen molar-refractivity contribution in [2.75, 3.05) is 19.6 Å². The quantitative estimate of drug-likeness (QED) is 0.623. The number of halogens is 2. The standard InChI is InChI=1S/C22H25ClFNO/c1-22(18-6-8-19(23)9-7-18)12-15-25(16-13-22)14-2-3-21(26)17-4-10-20(24)11-5-17/h4-11H,2-3,12-16H2,1H3. The van der Waals surface area contributed by atoms with Crippen LogP contribution >= 0.6 is 11.6 Å². The largest absolute Gasteiger partial charge is 0.303 e. The van der Waals surface area contributed by atoms with Gasteiger partial charge < -0.3 is 4.90 Å². The molecule has 0 unspecified atom stereocenters. The minimum absolute atomic E-state index is 0.0908. The summed E-state index contributed by atoms with van der Waals surface area (Å²) < 4.78 is 12.9. The van der Waals surface area contributed by atoms with Gasteiger partial charge in [-0.1, -0.05) is 30.7 Å². The summed E-state index contributed by atoms with van der Waals surface area (Å²) in [6, 6.07) is 14.0. The van der Waals surface area contributed by atoms with Crippen LogP contribution in [-0.4, -0.2) is 30.3 Å². The van der Waals surface area contributed by atoms with Gasteiger partial charge in [-0.25, -0.2) is 4.39 Å². The van der Waals surface area contributed by atoms with Crippen LogP contribution in [0.4, 0.5) is 4.39 Å². The Morgan fingerprint density at radius 2 is 1.69 bits per heavy atom. The molecule has 1 fully saturated rings. The van der Waals surface area contributed by atoms with Gasteiger partial charge >= 0.3 is 0 Å². The predicted octanol–water partition coefficient (Wildman–Crippen LogP) is 5.50. The van der Waals surface area contributed by atoms with Gasteiger partial charge in [0.2, 0.25) is 0 Å². The van der Waals surface area contributed by atoms with Crippen molar-refractivity contribution in [3.8, 4) is 0 Å². The van der Waals surface area contributed by atoms with Crippen molar-refractivity contribution >= 4 is 17.4 Å². The van der Waals surface area contributed by atoms with Crippen LogP contribution in [0.1, 0.15) is 48.5 Å². The number of nitrogens with zero attached hydrogens (tertiary/aromatic N) is 1. The molecular weight excluding hydrogens is 349 g/mol. The van der Waals surface area contributed by atoms with Gasteiger partial charge in [-0.05, 0) is 86.3 Å². The molecule has 138 valence electrons. The molecule has 3 rings (SSSR count). The molecule has 1 aliphatic rings. The fourth-order valence-corrected chi connectivity index (χ4v) is 3.78. The molecule has 0 N–H and O–H groups in total. The Balaban J connectivity index is 1.44. The Labute approximate surface area is 160 Å². The number of likely N-dealkylation sites (tertiary alicyclic amines) is 1. The summed E-state index contributed by atoms with van der Waals surface area (Å²) in [6.45, 7) is 5.35. The van der Waals surface area contributed by atoms with E-state index in [4.69, 9.17) is 11.6 Å². The molecule has 1 aliphatic heterocycles. The third kappa shape index (κ3) is 4.72. The molecule has 0 atom stereocenters. The maximum Gasteiger partial charge on any atom is 0.162 e. The molecule has 4 heteroatoms. The maximum absolute atomic E-state index is 12.9. The van der Waals surface area contributed by atoms with E-state index in [1.54, 1.807) is 12.1 Å². The monoisotopic (exact) mass is 373 g/mol.